The van der Waals surface area contributed by atoms with Crippen molar-refractivity contribution in [2.75, 3.05) is 0 Å². The largest absolute Gasteiger partial charge is 0.510 e. The van der Waals surface area contributed by atoms with E-state index < -0.39 is 5.91 Å². The number of hydrogen-bond donors (Lipinski definition) is 2. The number of nitrogens with two attached hydrogens (primary N) is 1. The standard InChI is InChI=1S/C10H11N3O2/c1-7(14)9(10(11)15)13-12-8-5-3-2-4-6-8/h2-6,14H,1H3,(H2,11,15)/b9-7+,13-12?. The van der Waals surface area contributed by atoms with E-state index in [1.165, 1.54) is 6.92 Å². The summed E-state index contributed by atoms with van der Waals surface area (Å²) in [6.45, 7) is 1.32. The third-order valence-corrected chi connectivity index (χ3v) is 1.60. The number of carbonyl (C=O) groups is 1. The fourth-order valence-corrected chi connectivity index (χ4v) is 0.902. The van der Waals surface area contributed by atoms with Gasteiger partial charge in [-0.05, 0) is 19.1 Å². The minimum atomic E-state index is -0.810. The lowest BCUT2D eigenvalue weighted by molar-refractivity contribution is -0.114. The molecule has 0 saturated heterocycles. The number of azo groups is 1. The van der Waals surface area contributed by atoms with Gasteiger partial charge in [-0.1, -0.05) is 18.2 Å². The second kappa shape index (κ2) is 4.90. The van der Waals surface area contributed by atoms with Gasteiger partial charge < -0.3 is 10.8 Å². The highest BCUT2D eigenvalue weighted by Gasteiger charge is 2.07. The normalized spacial score (nSPS) is 12.6. The first-order chi connectivity index (χ1) is 7.11. The van der Waals surface area contributed by atoms with Gasteiger partial charge in [0.2, 0.25) is 0 Å². The molecule has 78 valence electrons. The van der Waals surface area contributed by atoms with Crippen LogP contribution in [-0.2, 0) is 4.79 Å². The summed E-state index contributed by atoms with van der Waals surface area (Å²) >= 11 is 0. The molecular weight excluding hydrogens is 194 g/mol. The number of carbonyl (C=O) groups excluding carboxylic acids is 1. The van der Waals surface area contributed by atoms with Crippen molar-refractivity contribution in [3.05, 3.63) is 41.8 Å². The lowest BCUT2D eigenvalue weighted by Gasteiger charge is -1.96. The molecule has 0 saturated carbocycles. The Labute approximate surface area is 86.9 Å². The molecule has 5 heteroatoms. The Morgan fingerprint density at radius 1 is 1.33 bits per heavy atom. The van der Waals surface area contributed by atoms with E-state index in [-0.39, 0.29) is 11.5 Å². The lowest BCUT2D eigenvalue weighted by atomic mass is 10.3. The van der Waals surface area contributed by atoms with Crippen LogP contribution >= 0.6 is 0 Å². The maximum Gasteiger partial charge on any atom is 0.272 e. The first kappa shape index (κ1) is 10.9. The van der Waals surface area contributed by atoms with Crippen LogP contribution in [0.4, 0.5) is 5.69 Å². The molecule has 0 fully saturated rings. The molecule has 1 rings (SSSR count). The third kappa shape index (κ3) is 3.22. The van der Waals surface area contributed by atoms with Crippen LogP contribution in [0.3, 0.4) is 0 Å². The van der Waals surface area contributed by atoms with Gasteiger partial charge in [-0.25, -0.2) is 0 Å². The van der Waals surface area contributed by atoms with E-state index in [9.17, 15) is 4.79 Å². The van der Waals surface area contributed by atoms with Crippen molar-refractivity contribution in [1.82, 2.24) is 0 Å². The number of aliphatic hydroxyl groups is 1. The van der Waals surface area contributed by atoms with Crippen LogP contribution in [0.15, 0.2) is 52.0 Å². The number of hydrogen-bond acceptors (Lipinski definition) is 4. The quantitative estimate of drug-likeness (QED) is 0.449. The smallest absolute Gasteiger partial charge is 0.272 e. The zero-order valence-corrected chi connectivity index (χ0v) is 8.21. The summed E-state index contributed by atoms with van der Waals surface area (Å²) in [7, 11) is 0. The Bertz CT molecular complexity index is 406. The molecule has 0 aliphatic heterocycles. The van der Waals surface area contributed by atoms with Crippen molar-refractivity contribution < 1.29 is 9.90 Å². The number of benzene rings is 1. The number of aliphatic hydroxyl groups excluding tert-OH is 1. The third-order valence-electron chi connectivity index (χ3n) is 1.60. The van der Waals surface area contributed by atoms with E-state index in [2.05, 4.69) is 10.2 Å². The summed E-state index contributed by atoms with van der Waals surface area (Å²) in [6, 6.07) is 8.84. The summed E-state index contributed by atoms with van der Waals surface area (Å²) in [5.74, 6) is -1.06. The Kier molecular flexibility index (Phi) is 3.56. The second-order valence-corrected chi connectivity index (χ2v) is 2.83. The van der Waals surface area contributed by atoms with Gasteiger partial charge in [0.1, 0.15) is 5.76 Å². The van der Waals surface area contributed by atoms with Gasteiger partial charge in [-0.15, -0.1) is 5.11 Å². The highest BCUT2D eigenvalue weighted by molar-refractivity contribution is 5.91. The van der Waals surface area contributed by atoms with Gasteiger partial charge in [0.05, 0.1) is 5.69 Å². The van der Waals surface area contributed by atoms with Crippen LogP contribution < -0.4 is 5.73 Å². The molecule has 0 aliphatic rings. The zero-order valence-electron chi connectivity index (χ0n) is 8.21. The molecular formula is C10H11N3O2. The lowest BCUT2D eigenvalue weighted by Crippen LogP contribution is -2.13. The molecule has 1 amide bonds. The van der Waals surface area contributed by atoms with Crippen molar-refractivity contribution in [2.45, 2.75) is 6.92 Å². The molecule has 5 nitrogen and oxygen atoms in total. The SMILES string of the molecule is C/C(O)=C(\N=Nc1ccccc1)C(N)=O. The van der Waals surface area contributed by atoms with E-state index >= 15 is 0 Å². The second-order valence-electron chi connectivity index (χ2n) is 2.83. The van der Waals surface area contributed by atoms with Gasteiger partial charge in [-0.3, -0.25) is 4.79 Å². The molecule has 3 N–H and O–H groups in total. The first-order valence-corrected chi connectivity index (χ1v) is 4.27. The Balaban J connectivity index is 2.90. The minimum Gasteiger partial charge on any atom is -0.510 e. The Morgan fingerprint density at radius 2 is 1.93 bits per heavy atom. The summed E-state index contributed by atoms with van der Waals surface area (Å²) in [5, 5.41) is 16.4. The maximum atomic E-state index is 10.8. The molecule has 1 aromatic carbocycles. The molecule has 0 aliphatic carbocycles. The highest BCUT2D eigenvalue weighted by atomic mass is 16.3. The summed E-state index contributed by atoms with van der Waals surface area (Å²) in [4.78, 5) is 10.8. The van der Waals surface area contributed by atoms with Gasteiger partial charge in [0, 0.05) is 0 Å². The Morgan fingerprint density at radius 3 is 2.40 bits per heavy atom. The average molecular weight is 205 g/mol. The molecule has 0 radical (unpaired) electrons. The van der Waals surface area contributed by atoms with E-state index in [4.69, 9.17) is 10.8 Å². The number of allylic oxidation sites excluding steroid dienone is 1. The highest BCUT2D eigenvalue weighted by Crippen LogP contribution is 2.13. The molecule has 0 spiro atoms. The average Bonchev–Trinajstić information content (AvgIpc) is 2.18. The van der Waals surface area contributed by atoms with Crippen molar-refractivity contribution in [3.63, 3.8) is 0 Å². The van der Waals surface area contributed by atoms with Crippen LogP contribution in [0.1, 0.15) is 6.92 Å². The minimum absolute atomic E-state index is 0.237. The van der Waals surface area contributed by atoms with Crippen molar-refractivity contribution >= 4 is 11.6 Å². The fraction of sp³-hybridized carbons (Fsp3) is 0.100. The molecule has 15 heavy (non-hydrogen) atoms. The van der Waals surface area contributed by atoms with E-state index in [1.807, 2.05) is 6.07 Å². The zero-order chi connectivity index (χ0) is 11.3. The van der Waals surface area contributed by atoms with E-state index in [0.29, 0.717) is 5.69 Å². The fourth-order valence-electron chi connectivity index (χ4n) is 0.902. The van der Waals surface area contributed by atoms with Crippen LogP contribution in [0.25, 0.3) is 0 Å². The number of nitrogens with zero attached hydrogens (tertiary/aromatic N) is 2. The summed E-state index contributed by atoms with van der Waals surface area (Å²) in [5.41, 5.74) is 5.34. The van der Waals surface area contributed by atoms with Crippen LogP contribution in [0, 0.1) is 0 Å². The van der Waals surface area contributed by atoms with Crippen molar-refractivity contribution in [3.8, 4) is 0 Å². The molecule has 0 unspecified atom stereocenters. The maximum absolute atomic E-state index is 10.8. The number of amides is 1. The van der Waals surface area contributed by atoms with Crippen LogP contribution in [0.5, 0.6) is 0 Å². The predicted molar refractivity (Wildman–Crippen MR) is 55.5 cm³/mol. The van der Waals surface area contributed by atoms with Crippen molar-refractivity contribution in [1.29, 1.82) is 0 Å². The summed E-state index contributed by atoms with van der Waals surface area (Å²) < 4.78 is 0. The number of primary amides is 1. The first-order valence-electron chi connectivity index (χ1n) is 4.27. The van der Waals surface area contributed by atoms with Gasteiger partial charge in [-0.2, -0.15) is 5.11 Å². The van der Waals surface area contributed by atoms with Gasteiger partial charge in [0.25, 0.3) is 5.91 Å². The molecule has 0 atom stereocenters. The Hall–Kier alpha value is -2.17. The predicted octanol–water partition coefficient (Wildman–Crippen LogP) is 2.05. The van der Waals surface area contributed by atoms with Gasteiger partial charge >= 0.3 is 0 Å². The molecule has 1 aromatic rings. The van der Waals surface area contributed by atoms with Gasteiger partial charge in [0.15, 0.2) is 5.70 Å². The molecule has 0 aromatic heterocycles. The van der Waals surface area contributed by atoms with E-state index in [1.54, 1.807) is 24.3 Å². The van der Waals surface area contributed by atoms with E-state index in [0.717, 1.165) is 0 Å². The van der Waals surface area contributed by atoms with Crippen molar-refractivity contribution in [2.24, 2.45) is 16.0 Å². The molecule has 0 heterocycles. The molecule has 0 bridgehead atoms. The van der Waals surface area contributed by atoms with Crippen LogP contribution in [-0.4, -0.2) is 11.0 Å². The monoisotopic (exact) mass is 205 g/mol. The van der Waals surface area contributed by atoms with Crippen LogP contribution in [0.2, 0.25) is 0 Å². The number of rotatable bonds is 3. The summed E-state index contributed by atoms with van der Waals surface area (Å²) in [6.07, 6.45) is 0. The topological polar surface area (TPSA) is 88.0 Å².